The molecule has 0 saturated carbocycles. The van der Waals surface area contributed by atoms with Crippen molar-refractivity contribution >= 4 is 17.6 Å². The molecule has 9 heteroatoms. The summed E-state index contributed by atoms with van der Waals surface area (Å²) in [6, 6.07) is 3.91. The maximum Gasteiger partial charge on any atom is 0.246 e. The number of benzene rings is 1. The van der Waals surface area contributed by atoms with E-state index < -0.39 is 11.6 Å². The number of nitrogens with one attached hydrogen (secondary N) is 1. The summed E-state index contributed by atoms with van der Waals surface area (Å²) < 4.78 is 28.3. The third-order valence-corrected chi connectivity index (χ3v) is 4.89. The Kier molecular flexibility index (Phi) is 6.46. The maximum atomic E-state index is 13.5. The number of hydrogen-bond donors (Lipinski definition) is 1. The van der Waals surface area contributed by atoms with Crippen LogP contribution in [0.25, 0.3) is 0 Å². The highest BCUT2D eigenvalue weighted by Crippen LogP contribution is 2.19. The molecular formula is C20H26F2N6O. The van der Waals surface area contributed by atoms with Crippen LogP contribution in [0.1, 0.15) is 25.3 Å². The Bertz CT molecular complexity index is 897. The number of aliphatic imine (C=N–C) groups is 1. The van der Waals surface area contributed by atoms with Crippen molar-refractivity contribution in [3.8, 4) is 0 Å². The standard InChI is InChI=1S/C20H26F2N6O/c1-4-23-20(24-10-14(2)15-5-6-17(21)18(22)9-15)27-7-8-28(19(29)13-27)16-11-25-26(3)12-16/h5-6,9,11-12,14H,4,7-8,10,13H2,1-3H3,(H,23,24). The van der Waals surface area contributed by atoms with Crippen molar-refractivity contribution in [3.05, 3.63) is 47.8 Å². The van der Waals surface area contributed by atoms with E-state index >= 15 is 0 Å². The summed E-state index contributed by atoms with van der Waals surface area (Å²) >= 11 is 0. The summed E-state index contributed by atoms with van der Waals surface area (Å²) in [5.41, 5.74) is 1.46. The molecule has 156 valence electrons. The first-order valence-corrected chi connectivity index (χ1v) is 9.66. The van der Waals surface area contributed by atoms with Crippen LogP contribution in [0.5, 0.6) is 0 Å². The minimum Gasteiger partial charge on any atom is -0.357 e. The number of piperazine rings is 1. The van der Waals surface area contributed by atoms with E-state index in [4.69, 9.17) is 0 Å². The van der Waals surface area contributed by atoms with Crippen LogP contribution in [-0.2, 0) is 11.8 Å². The lowest BCUT2D eigenvalue weighted by atomic mass is 10.0. The molecular weight excluding hydrogens is 378 g/mol. The fourth-order valence-electron chi connectivity index (χ4n) is 3.25. The quantitative estimate of drug-likeness (QED) is 0.612. The third kappa shape index (κ3) is 4.90. The first kappa shape index (κ1) is 20.8. The summed E-state index contributed by atoms with van der Waals surface area (Å²) in [5, 5.41) is 7.34. The average molecular weight is 404 g/mol. The predicted octanol–water partition coefficient (Wildman–Crippen LogP) is 2.12. The normalized spacial score (nSPS) is 16.3. The van der Waals surface area contributed by atoms with Gasteiger partial charge in [-0.3, -0.25) is 14.5 Å². The number of hydrogen-bond acceptors (Lipinski definition) is 3. The van der Waals surface area contributed by atoms with Crippen LogP contribution in [0, 0.1) is 11.6 Å². The van der Waals surface area contributed by atoms with Gasteiger partial charge >= 0.3 is 0 Å². The van der Waals surface area contributed by atoms with Gasteiger partial charge in [0.2, 0.25) is 5.91 Å². The van der Waals surface area contributed by atoms with Crippen LogP contribution >= 0.6 is 0 Å². The second kappa shape index (κ2) is 9.02. The molecule has 1 aliphatic heterocycles. The van der Waals surface area contributed by atoms with E-state index in [1.807, 2.05) is 32.0 Å². The summed E-state index contributed by atoms with van der Waals surface area (Å²) in [4.78, 5) is 20.9. The molecule has 1 atom stereocenters. The van der Waals surface area contributed by atoms with Gasteiger partial charge in [0.1, 0.15) is 6.54 Å². The van der Waals surface area contributed by atoms with E-state index in [1.165, 1.54) is 6.07 Å². The van der Waals surface area contributed by atoms with Gasteiger partial charge < -0.3 is 15.1 Å². The lowest BCUT2D eigenvalue weighted by Gasteiger charge is -2.35. The first-order chi connectivity index (χ1) is 13.9. The zero-order valence-corrected chi connectivity index (χ0v) is 16.9. The number of guanidine groups is 1. The Labute approximate surface area is 169 Å². The fourth-order valence-corrected chi connectivity index (χ4v) is 3.25. The molecule has 1 aliphatic rings. The zero-order chi connectivity index (χ0) is 21.0. The largest absolute Gasteiger partial charge is 0.357 e. The molecule has 0 bridgehead atoms. The number of halogens is 2. The van der Waals surface area contributed by atoms with Gasteiger partial charge in [0, 0.05) is 45.3 Å². The second-order valence-corrected chi connectivity index (χ2v) is 7.11. The van der Waals surface area contributed by atoms with Gasteiger partial charge in [-0.1, -0.05) is 13.0 Å². The van der Waals surface area contributed by atoms with Gasteiger partial charge in [-0.05, 0) is 24.6 Å². The molecule has 0 spiro atoms. The molecule has 1 aromatic heterocycles. The van der Waals surface area contributed by atoms with Crippen molar-refractivity contribution in [2.45, 2.75) is 19.8 Å². The Morgan fingerprint density at radius 3 is 2.72 bits per heavy atom. The number of aromatic nitrogens is 2. The van der Waals surface area contributed by atoms with Crippen LogP contribution in [0.15, 0.2) is 35.6 Å². The molecule has 1 saturated heterocycles. The van der Waals surface area contributed by atoms with Crippen molar-refractivity contribution < 1.29 is 13.6 Å². The van der Waals surface area contributed by atoms with Crippen molar-refractivity contribution in [1.29, 1.82) is 0 Å². The van der Waals surface area contributed by atoms with Gasteiger partial charge in [-0.15, -0.1) is 0 Å². The molecule has 29 heavy (non-hydrogen) atoms. The monoisotopic (exact) mass is 404 g/mol. The van der Waals surface area contributed by atoms with Crippen LogP contribution in [0.4, 0.5) is 14.5 Å². The van der Waals surface area contributed by atoms with Crippen molar-refractivity contribution in [2.24, 2.45) is 12.0 Å². The molecule has 1 unspecified atom stereocenters. The molecule has 1 aromatic carbocycles. The first-order valence-electron chi connectivity index (χ1n) is 9.66. The number of amides is 1. The van der Waals surface area contributed by atoms with E-state index in [0.29, 0.717) is 37.7 Å². The van der Waals surface area contributed by atoms with Crippen LogP contribution < -0.4 is 10.2 Å². The molecule has 2 aromatic rings. The van der Waals surface area contributed by atoms with Crippen LogP contribution in [-0.4, -0.2) is 59.3 Å². The molecule has 1 fully saturated rings. The maximum absolute atomic E-state index is 13.5. The van der Waals surface area contributed by atoms with Crippen molar-refractivity contribution in [2.75, 3.05) is 37.6 Å². The topological polar surface area (TPSA) is 65.8 Å². The van der Waals surface area contributed by atoms with Gasteiger partial charge in [0.05, 0.1) is 11.9 Å². The van der Waals surface area contributed by atoms with Gasteiger partial charge in [-0.2, -0.15) is 5.10 Å². The van der Waals surface area contributed by atoms with E-state index in [9.17, 15) is 13.6 Å². The zero-order valence-electron chi connectivity index (χ0n) is 16.9. The molecule has 0 aliphatic carbocycles. The van der Waals surface area contributed by atoms with Gasteiger partial charge in [0.25, 0.3) is 0 Å². The number of rotatable bonds is 5. The summed E-state index contributed by atoms with van der Waals surface area (Å²) in [5.74, 6) is -1.19. The van der Waals surface area contributed by atoms with Crippen LogP contribution in [0.2, 0.25) is 0 Å². The van der Waals surface area contributed by atoms with Crippen molar-refractivity contribution in [1.82, 2.24) is 20.0 Å². The lowest BCUT2D eigenvalue weighted by molar-refractivity contribution is -0.120. The smallest absolute Gasteiger partial charge is 0.246 e. The number of nitrogens with zero attached hydrogens (tertiary/aromatic N) is 5. The lowest BCUT2D eigenvalue weighted by Crippen LogP contribution is -2.55. The minimum absolute atomic E-state index is 0.0245. The molecule has 7 nitrogen and oxygen atoms in total. The second-order valence-electron chi connectivity index (χ2n) is 7.11. The number of carbonyl (C=O) groups excluding carboxylic acids is 1. The number of carbonyl (C=O) groups is 1. The fraction of sp³-hybridized carbons (Fsp3) is 0.450. The Hall–Kier alpha value is -2.97. The molecule has 3 rings (SSSR count). The minimum atomic E-state index is -0.859. The SMILES string of the molecule is CCNC(=NCC(C)c1ccc(F)c(F)c1)N1CCN(c2cnn(C)c2)C(=O)C1. The third-order valence-electron chi connectivity index (χ3n) is 4.89. The van der Waals surface area contributed by atoms with Crippen molar-refractivity contribution in [3.63, 3.8) is 0 Å². The molecule has 2 heterocycles. The van der Waals surface area contributed by atoms with Crippen LogP contribution in [0.3, 0.4) is 0 Å². The summed E-state index contributed by atoms with van der Waals surface area (Å²) in [7, 11) is 1.81. The van der Waals surface area contributed by atoms with E-state index in [2.05, 4.69) is 15.4 Å². The summed E-state index contributed by atoms with van der Waals surface area (Å²) in [6.07, 6.45) is 3.49. The predicted molar refractivity (Wildman–Crippen MR) is 108 cm³/mol. The van der Waals surface area contributed by atoms with Gasteiger partial charge in [-0.25, -0.2) is 8.78 Å². The molecule has 1 amide bonds. The number of anilines is 1. The molecule has 1 N–H and O–H groups in total. The summed E-state index contributed by atoms with van der Waals surface area (Å²) in [6.45, 7) is 6.30. The van der Waals surface area contributed by atoms with Gasteiger partial charge in [0.15, 0.2) is 17.6 Å². The van der Waals surface area contributed by atoms with E-state index in [0.717, 1.165) is 11.8 Å². The highest BCUT2D eigenvalue weighted by Gasteiger charge is 2.27. The average Bonchev–Trinajstić information content (AvgIpc) is 3.13. The molecule has 0 radical (unpaired) electrons. The van der Waals surface area contributed by atoms with E-state index in [1.54, 1.807) is 21.8 Å². The Balaban J connectivity index is 1.67. The highest BCUT2D eigenvalue weighted by atomic mass is 19.2. The Morgan fingerprint density at radius 1 is 1.31 bits per heavy atom. The number of aryl methyl sites for hydroxylation is 1. The Morgan fingerprint density at radius 2 is 2.10 bits per heavy atom. The van der Waals surface area contributed by atoms with E-state index in [-0.39, 0.29) is 18.4 Å². The highest BCUT2D eigenvalue weighted by molar-refractivity contribution is 5.98.